The van der Waals surface area contributed by atoms with Crippen LogP contribution in [-0.2, 0) is 6.54 Å². The number of thioether (sulfide) groups is 1. The summed E-state index contributed by atoms with van der Waals surface area (Å²) in [5.41, 5.74) is 2.62. The summed E-state index contributed by atoms with van der Waals surface area (Å²) >= 11 is 8.05. The first-order valence-electron chi connectivity index (χ1n) is 7.00. The monoisotopic (exact) mass is 314 g/mol. The van der Waals surface area contributed by atoms with Crippen molar-refractivity contribution in [3.05, 3.63) is 28.8 Å². The Balaban J connectivity index is 2.95. The van der Waals surface area contributed by atoms with Gasteiger partial charge < -0.3 is 10.2 Å². The Morgan fingerprint density at radius 1 is 1.35 bits per heavy atom. The maximum Gasteiger partial charge on any atom is 0.0426 e. The highest BCUT2D eigenvalue weighted by Crippen LogP contribution is 2.26. The molecule has 0 aliphatic carbocycles. The summed E-state index contributed by atoms with van der Waals surface area (Å²) in [6.45, 7) is 9.65. The fourth-order valence-corrected chi connectivity index (χ4v) is 2.84. The second kappa shape index (κ2) is 7.58. The van der Waals surface area contributed by atoms with E-state index >= 15 is 0 Å². The third-order valence-electron chi connectivity index (χ3n) is 3.31. The van der Waals surface area contributed by atoms with E-state index in [1.807, 2.05) is 17.8 Å². The average Bonchev–Trinajstić information content (AvgIpc) is 2.35. The Kier molecular flexibility index (Phi) is 6.70. The summed E-state index contributed by atoms with van der Waals surface area (Å²) in [5, 5.41) is 4.34. The van der Waals surface area contributed by atoms with E-state index < -0.39 is 0 Å². The molecule has 0 radical (unpaired) electrons. The van der Waals surface area contributed by atoms with Crippen LogP contribution in [0.5, 0.6) is 0 Å². The largest absolute Gasteiger partial charge is 0.371 e. The van der Waals surface area contributed by atoms with Crippen molar-refractivity contribution in [2.75, 3.05) is 24.0 Å². The first-order valence-corrected chi connectivity index (χ1v) is 8.77. The van der Waals surface area contributed by atoms with Gasteiger partial charge >= 0.3 is 0 Å². The molecule has 1 rings (SSSR count). The highest BCUT2D eigenvalue weighted by atomic mass is 35.5. The van der Waals surface area contributed by atoms with Gasteiger partial charge in [-0.15, -0.1) is 0 Å². The lowest BCUT2D eigenvalue weighted by Crippen LogP contribution is -2.36. The fraction of sp³-hybridized carbons (Fsp3) is 0.625. The summed E-state index contributed by atoms with van der Waals surface area (Å²) in [4.78, 5) is 2.32. The zero-order chi connectivity index (χ0) is 15.3. The highest BCUT2D eigenvalue weighted by Gasteiger charge is 2.16. The molecule has 1 aromatic carbocycles. The summed E-state index contributed by atoms with van der Waals surface area (Å²) in [6.07, 6.45) is 2.14. The third-order valence-corrected chi connectivity index (χ3v) is 4.36. The van der Waals surface area contributed by atoms with Crippen LogP contribution in [0.4, 0.5) is 5.69 Å². The van der Waals surface area contributed by atoms with Gasteiger partial charge in [-0.3, -0.25) is 0 Å². The van der Waals surface area contributed by atoms with E-state index in [2.05, 4.69) is 63.3 Å². The number of anilines is 1. The van der Waals surface area contributed by atoms with Gasteiger partial charge in [-0.25, -0.2) is 0 Å². The van der Waals surface area contributed by atoms with Crippen LogP contribution in [0.15, 0.2) is 18.2 Å². The van der Waals surface area contributed by atoms with Gasteiger partial charge in [-0.1, -0.05) is 17.7 Å². The van der Waals surface area contributed by atoms with Gasteiger partial charge in [0.15, 0.2) is 0 Å². The van der Waals surface area contributed by atoms with Crippen molar-refractivity contribution in [2.24, 2.45) is 0 Å². The topological polar surface area (TPSA) is 15.3 Å². The van der Waals surface area contributed by atoms with Gasteiger partial charge in [0.05, 0.1) is 0 Å². The van der Waals surface area contributed by atoms with E-state index in [0.29, 0.717) is 6.04 Å². The highest BCUT2D eigenvalue weighted by molar-refractivity contribution is 7.98. The molecule has 0 spiro atoms. The van der Waals surface area contributed by atoms with E-state index in [9.17, 15) is 0 Å². The molecule has 0 aliphatic rings. The fourth-order valence-electron chi connectivity index (χ4n) is 1.97. The second-order valence-corrected chi connectivity index (χ2v) is 7.64. The summed E-state index contributed by atoms with van der Waals surface area (Å²) in [5.74, 6) is 1.11. The van der Waals surface area contributed by atoms with Crippen LogP contribution < -0.4 is 10.2 Å². The summed E-state index contributed by atoms with van der Waals surface area (Å²) in [6, 6.07) is 6.64. The van der Waals surface area contributed by atoms with Crippen molar-refractivity contribution in [2.45, 2.75) is 45.8 Å². The molecule has 1 unspecified atom stereocenters. The Morgan fingerprint density at radius 2 is 2.00 bits per heavy atom. The molecular formula is C16H27ClN2S. The molecular weight excluding hydrogens is 288 g/mol. The molecule has 0 saturated heterocycles. The number of nitrogens with zero attached hydrogens (tertiary/aromatic N) is 1. The number of hydrogen-bond donors (Lipinski definition) is 1. The third kappa shape index (κ3) is 5.55. The Hall–Kier alpha value is -0.380. The lowest BCUT2D eigenvalue weighted by Gasteiger charge is -2.30. The van der Waals surface area contributed by atoms with Crippen LogP contribution in [0.2, 0.25) is 5.02 Å². The minimum absolute atomic E-state index is 0.111. The van der Waals surface area contributed by atoms with Crippen LogP contribution in [0, 0.1) is 0 Å². The van der Waals surface area contributed by atoms with Gasteiger partial charge in [0.2, 0.25) is 0 Å². The number of rotatable bonds is 6. The maximum atomic E-state index is 6.18. The van der Waals surface area contributed by atoms with Crippen molar-refractivity contribution in [1.82, 2.24) is 5.32 Å². The summed E-state index contributed by atoms with van der Waals surface area (Å²) in [7, 11) is 2.15. The molecule has 4 heteroatoms. The molecule has 1 atom stereocenters. The quantitative estimate of drug-likeness (QED) is 0.837. The minimum Gasteiger partial charge on any atom is -0.371 e. The molecule has 0 fully saturated rings. The van der Waals surface area contributed by atoms with E-state index in [1.54, 1.807) is 0 Å². The smallest absolute Gasteiger partial charge is 0.0426 e. The molecule has 0 bridgehead atoms. The molecule has 0 amide bonds. The first kappa shape index (κ1) is 17.7. The Labute approximate surface area is 133 Å². The van der Waals surface area contributed by atoms with Crippen LogP contribution in [0.3, 0.4) is 0 Å². The lowest BCUT2D eigenvalue weighted by molar-refractivity contribution is 0.424. The van der Waals surface area contributed by atoms with Crippen LogP contribution >= 0.6 is 23.4 Å². The predicted octanol–water partition coefficient (Wildman–Crippen LogP) is 4.42. The Morgan fingerprint density at radius 3 is 2.55 bits per heavy atom. The molecule has 20 heavy (non-hydrogen) atoms. The van der Waals surface area contributed by atoms with E-state index in [-0.39, 0.29) is 5.54 Å². The molecule has 0 saturated carbocycles. The summed E-state index contributed by atoms with van der Waals surface area (Å²) < 4.78 is 0. The van der Waals surface area contributed by atoms with Crippen molar-refractivity contribution in [3.8, 4) is 0 Å². The van der Waals surface area contributed by atoms with Gasteiger partial charge in [0.1, 0.15) is 0 Å². The zero-order valence-corrected chi connectivity index (χ0v) is 15.0. The number of hydrogen-bond acceptors (Lipinski definition) is 3. The average molecular weight is 315 g/mol. The number of halogens is 1. The van der Waals surface area contributed by atoms with Crippen molar-refractivity contribution in [1.29, 1.82) is 0 Å². The minimum atomic E-state index is 0.111. The SMILES string of the molecule is CSCC(C)N(C)c1cc(Cl)ccc1CNC(C)(C)C. The van der Waals surface area contributed by atoms with Crippen molar-refractivity contribution in [3.63, 3.8) is 0 Å². The lowest BCUT2D eigenvalue weighted by atomic mass is 10.1. The van der Waals surface area contributed by atoms with E-state index in [4.69, 9.17) is 11.6 Å². The Bertz CT molecular complexity index is 429. The molecule has 114 valence electrons. The van der Waals surface area contributed by atoms with E-state index in [1.165, 1.54) is 11.3 Å². The van der Waals surface area contributed by atoms with Crippen molar-refractivity contribution >= 4 is 29.1 Å². The predicted molar refractivity (Wildman–Crippen MR) is 94.3 cm³/mol. The molecule has 0 aromatic heterocycles. The molecule has 2 nitrogen and oxygen atoms in total. The zero-order valence-electron chi connectivity index (χ0n) is 13.5. The van der Waals surface area contributed by atoms with Gasteiger partial charge in [0, 0.05) is 41.6 Å². The standard InChI is InChI=1S/C16H27ClN2S/c1-12(11-20-6)19(5)15-9-14(17)8-7-13(15)10-18-16(2,3)4/h7-9,12,18H,10-11H2,1-6H3. The van der Waals surface area contributed by atoms with Gasteiger partial charge in [-0.05, 0) is 51.6 Å². The maximum absolute atomic E-state index is 6.18. The van der Waals surface area contributed by atoms with Crippen LogP contribution in [0.1, 0.15) is 33.3 Å². The molecule has 1 aromatic rings. The second-order valence-electron chi connectivity index (χ2n) is 6.29. The van der Waals surface area contributed by atoms with Crippen LogP contribution in [0.25, 0.3) is 0 Å². The van der Waals surface area contributed by atoms with Crippen LogP contribution in [-0.4, -0.2) is 30.6 Å². The normalized spacial score (nSPS) is 13.3. The first-order chi connectivity index (χ1) is 9.24. The molecule has 0 aliphatic heterocycles. The van der Waals surface area contributed by atoms with E-state index in [0.717, 1.165) is 17.3 Å². The van der Waals surface area contributed by atoms with Gasteiger partial charge in [0.25, 0.3) is 0 Å². The van der Waals surface area contributed by atoms with Crippen molar-refractivity contribution < 1.29 is 0 Å². The number of nitrogens with one attached hydrogen (secondary N) is 1. The molecule has 1 N–H and O–H groups in total. The number of benzene rings is 1. The molecule has 0 heterocycles. The van der Waals surface area contributed by atoms with Gasteiger partial charge in [-0.2, -0.15) is 11.8 Å².